The Morgan fingerprint density at radius 2 is 2.13 bits per heavy atom. The van der Waals surface area contributed by atoms with Crippen molar-refractivity contribution in [2.75, 3.05) is 17.3 Å². The fourth-order valence-electron chi connectivity index (χ4n) is 2.25. The highest BCUT2D eigenvalue weighted by Gasteiger charge is 2.39. The number of rotatable bonds is 4. The second-order valence-electron chi connectivity index (χ2n) is 5.62. The Kier molecular flexibility index (Phi) is 4.95. The summed E-state index contributed by atoms with van der Waals surface area (Å²) in [4.78, 5) is 15.5. The summed E-state index contributed by atoms with van der Waals surface area (Å²) in [5.41, 5.74) is -1.64. The third-order valence-electron chi connectivity index (χ3n) is 3.36. The lowest BCUT2D eigenvalue weighted by Gasteiger charge is -2.23. The van der Waals surface area contributed by atoms with Crippen LogP contribution in [0.25, 0.3) is 0 Å². The second kappa shape index (κ2) is 6.31. The molecule has 1 aromatic heterocycles. The first-order valence-corrected chi connectivity index (χ1v) is 9.47. The number of halogens is 3. The number of nitrogens with one attached hydrogen (secondary N) is 1. The third kappa shape index (κ3) is 5.10. The standard InChI is InChI=1S/C13H15F3N2O3S2/c1-12(4-5-23(20,21)8-12)18-10(19)7-22-11-3-2-9(6-17-11)13(14,15)16/h2-3,6H,4-5,7-8H2,1H3,(H,18,19)/t12-/m0/s1. The first-order valence-electron chi connectivity index (χ1n) is 6.67. The Hall–Kier alpha value is -1.29. The van der Waals surface area contributed by atoms with E-state index in [2.05, 4.69) is 10.3 Å². The lowest BCUT2D eigenvalue weighted by Crippen LogP contribution is -2.47. The van der Waals surface area contributed by atoms with Gasteiger partial charge in [-0.15, -0.1) is 0 Å². The van der Waals surface area contributed by atoms with Crippen LogP contribution in [0.4, 0.5) is 13.2 Å². The van der Waals surface area contributed by atoms with Gasteiger partial charge in [-0.05, 0) is 25.5 Å². The molecule has 0 radical (unpaired) electrons. The smallest absolute Gasteiger partial charge is 0.349 e. The number of alkyl halides is 3. The Morgan fingerprint density at radius 3 is 2.61 bits per heavy atom. The van der Waals surface area contributed by atoms with E-state index in [-0.39, 0.29) is 28.2 Å². The van der Waals surface area contributed by atoms with Crippen molar-refractivity contribution in [3.63, 3.8) is 0 Å². The van der Waals surface area contributed by atoms with Crippen LogP contribution in [0.3, 0.4) is 0 Å². The number of aromatic nitrogens is 1. The minimum absolute atomic E-state index is 0.0391. The molecule has 10 heteroatoms. The Bertz CT molecular complexity index is 689. The van der Waals surface area contributed by atoms with E-state index in [9.17, 15) is 26.4 Å². The molecule has 2 rings (SSSR count). The van der Waals surface area contributed by atoms with Gasteiger partial charge in [0.2, 0.25) is 5.91 Å². The molecule has 2 heterocycles. The molecule has 1 N–H and O–H groups in total. The van der Waals surface area contributed by atoms with E-state index in [1.807, 2.05) is 0 Å². The van der Waals surface area contributed by atoms with Crippen molar-refractivity contribution in [1.29, 1.82) is 0 Å². The summed E-state index contributed by atoms with van der Waals surface area (Å²) >= 11 is 0.990. The maximum atomic E-state index is 12.4. The number of sulfone groups is 1. The fourth-order valence-corrected chi connectivity index (χ4v) is 4.99. The molecular formula is C13H15F3N2O3S2. The Morgan fingerprint density at radius 1 is 1.43 bits per heavy atom. The summed E-state index contributed by atoms with van der Waals surface area (Å²) in [6.07, 6.45) is -3.38. The lowest BCUT2D eigenvalue weighted by atomic mass is 10.0. The molecule has 1 aliphatic heterocycles. The molecule has 1 aromatic rings. The second-order valence-corrected chi connectivity index (χ2v) is 8.80. The number of nitrogens with zero attached hydrogens (tertiary/aromatic N) is 1. The van der Waals surface area contributed by atoms with Crippen molar-refractivity contribution < 1.29 is 26.4 Å². The van der Waals surface area contributed by atoms with Crippen LogP contribution in [0.15, 0.2) is 23.4 Å². The normalized spacial score (nSPS) is 23.7. The van der Waals surface area contributed by atoms with Gasteiger partial charge in [0.15, 0.2) is 9.84 Å². The van der Waals surface area contributed by atoms with Gasteiger partial charge >= 0.3 is 6.18 Å². The minimum Gasteiger partial charge on any atom is -0.349 e. The van der Waals surface area contributed by atoms with Gasteiger partial charge in [0.05, 0.1) is 33.4 Å². The summed E-state index contributed by atoms with van der Waals surface area (Å²) in [5.74, 6) is -0.489. The maximum absolute atomic E-state index is 12.4. The van der Waals surface area contributed by atoms with Crippen molar-refractivity contribution in [1.82, 2.24) is 10.3 Å². The summed E-state index contributed by atoms with van der Waals surface area (Å²) in [6, 6.07) is 2.10. The summed E-state index contributed by atoms with van der Waals surface area (Å²) in [7, 11) is -3.13. The predicted molar refractivity (Wildman–Crippen MR) is 79.8 cm³/mol. The van der Waals surface area contributed by atoms with Gasteiger partial charge in [-0.25, -0.2) is 13.4 Å². The van der Waals surface area contributed by atoms with Crippen molar-refractivity contribution >= 4 is 27.5 Å². The van der Waals surface area contributed by atoms with Gasteiger partial charge < -0.3 is 5.32 Å². The van der Waals surface area contributed by atoms with Crippen molar-refractivity contribution in [3.8, 4) is 0 Å². The molecule has 1 aliphatic rings. The highest BCUT2D eigenvalue weighted by atomic mass is 32.2. The van der Waals surface area contributed by atoms with E-state index in [1.165, 1.54) is 6.07 Å². The molecule has 0 aromatic carbocycles. The molecule has 1 fully saturated rings. The SMILES string of the molecule is C[C@]1(NC(=O)CSc2ccc(C(F)(F)F)cn2)CCS(=O)(=O)C1. The first-order chi connectivity index (χ1) is 10.5. The van der Waals surface area contributed by atoms with Gasteiger partial charge in [-0.1, -0.05) is 11.8 Å². The number of amides is 1. The zero-order valence-electron chi connectivity index (χ0n) is 12.2. The number of carbonyl (C=O) groups excluding carboxylic acids is 1. The largest absolute Gasteiger partial charge is 0.417 e. The molecule has 0 unspecified atom stereocenters. The number of hydrogen-bond donors (Lipinski definition) is 1. The van der Waals surface area contributed by atoms with Gasteiger partial charge in [0, 0.05) is 6.20 Å². The van der Waals surface area contributed by atoms with Crippen LogP contribution in [-0.4, -0.2) is 42.1 Å². The average molecular weight is 368 g/mol. The van der Waals surface area contributed by atoms with Crippen LogP contribution < -0.4 is 5.32 Å². The molecule has 0 saturated carbocycles. The number of thioether (sulfide) groups is 1. The molecule has 1 saturated heterocycles. The number of carbonyl (C=O) groups is 1. The molecule has 0 aliphatic carbocycles. The molecular weight excluding hydrogens is 353 g/mol. The topological polar surface area (TPSA) is 76.1 Å². The van der Waals surface area contributed by atoms with Gasteiger partial charge in [0.1, 0.15) is 0 Å². The van der Waals surface area contributed by atoms with Crippen molar-refractivity contribution in [3.05, 3.63) is 23.9 Å². The Labute approximate surface area is 136 Å². The van der Waals surface area contributed by atoms with E-state index in [0.29, 0.717) is 12.6 Å². The van der Waals surface area contributed by atoms with Crippen molar-refractivity contribution in [2.24, 2.45) is 0 Å². The van der Waals surface area contributed by atoms with E-state index < -0.39 is 27.1 Å². The first kappa shape index (κ1) is 18.1. The lowest BCUT2D eigenvalue weighted by molar-refractivity contribution is -0.137. The molecule has 128 valence electrons. The highest BCUT2D eigenvalue weighted by Crippen LogP contribution is 2.29. The van der Waals surface area contributed by atoms with E-state index >= 15 is 0 Å². The quantitative estimate of drug-likeness (QED) is 0.822. The number of pyridine rings is 1. The maximum Gasteiger partial charge on any atom is 0.417 e. The molecule has 1 atom stereocenters. The van der Waals surface area contributed by atoms with Crippen LogP contribution >= 0.6 is 11.8 Å². The summed E-state index contributed by atoms with van der Waals surface area (Å²) in [6.45, 7) is 1.66. The van der Waals surface area contributed by atoms with E-state index in [0.717, 1.165) is 17.8 Å². The third-order valence-corrected chi connectivity index (χ3v) is 6.21. The van der Waals surface area contributed by atoms with E-state index in [4.69, 9.17) is 0 Å². The molecule has 23 heavy (non-hydrogen) atoms. The van der Waals surface area contributed by atoms with Crippen LogP contribution in [-0.2, 0) is 20.8 Å². The van der Waals surface area contributed by atoms with E-state index in [1.54, 1.807) is 6.92 Å². The molecule has 1 amide bonds. The highest BCUT2D eigenvalue weighted by molar-refractivity contribution is 7.99. The Balaban J connectivity index is 1.87. The van der Waals surface area contributed by atoms with Gasteiger partial charge in [-0.3, -0.25) is 4.79 Å². The van der Waals surface area contributed by atoms with Crippen LogP contribution in [0.1, 0.15) is 18.9 Å². The monoisotopic (exact) mass is 368 g/mol. The van der Waals surface area contributed by atoms with Gasteiger partial charge in [0.25, 0.3) is 0 Å². The zero-order chi connectivity index (χ0) is 17.3. The average Bonchev–Trinajstić information content (AvgIpc) is 2.69. The van der Waals surface area contributed by atoms with Crippen LogP contribution in [0, 0.1) is 0 Å². The molecule has 5 nitrogen and oxygen atoms in total. The molecule has 0 bridgehead atoms. The zero-order valence-corrected chi connectivity index (χ0v) is 13.8. The van der Waals surface area contributed by atoms with Crippen LogP contribution in [0.2, 0.25) is 0 Å². The minimum atomic E-state index is -4.45. The van der Waals surface area contributed by atoms with Crippen molar-refractivity contribution in [2.45, 2.75) is 30.1 Å². The number of hydrogen-bond acceptors (Lipinski definition) is 5. The summed E-state index contributed by atoms with van der Waals surface area (Å²) < 4.78 is 60.1. The molecule has 0 spiro atoms. The fraction of sp³-hybridized carbons (Fsp3) is 0.538. The summed E-state index contributed by atoms with van der Waals surface area (Å²) in [5, 5.41) is 2.96. The van der Waals surface area contributed by atoms with Gasteiger partial charge in [-0.2, -0.15) is 13.2 Å². The predicted octanol–water partition coefficient (Wildman–Crippen LogP) is 1.89. The van der Waals surface area contributed by atoms with Crippen LogP contribution in [0.5, 0.6) is 0 Å².